The van der Waals surface area contributed by atoms with E-state index < -0.39 is 17.7 Å². The second-order valence-corrected chi connectivity index (χ2v) is 3.50. The van der Waals surface area contributed by atoms with Gasteiger partial charge in [0.2, 0.25) is 0 Å². The Morgan fingerprint density at radius 2 is 1.77 bits per heavy atom. The van der Waals surface area contributed by atoms with Gasteiger partial charge in [0.1, 0.15) is 11.6 Å². The van der Waals surface area contributed by atoms with Crippen LogP contribution in [0.1, 0.15) is 24.4 Å². The molecule has 1 nitrogen and oxygen atoms in total. The lowest BCUT2D eigenvalue weighted by molar-refractivity contribution is 0.503. The average molecular weight is 183 g/mol. The lowest BCUT2D eigenvalue weighted by Crippen LogP contribution is -2.16. The first kappa shape index (κ1) is 8.63. The van der Waals surface area contributed by atoms with Crippen LogP contribution >= 0.6 is 0 Å². The Balaban J connectivity index is 2.36. The molecule has 2 rings (SSSR count). The predicted molar refractivity (Wildman–Crippen MR) is 46.0 cm³/mol. The largest absolute Gasteiger partial charge is 0.324 e. The number of hydrogen-bond acceptors (Lipinski definition) is 1. The molecule has 0 aromatic heterocycles. The fourth-order valence-electron chi connectivity index (χ4n) is 1.52. The maximum absolute atomic E-state index is 13.2. The van der Waals surface area contributed by atoms with Gasteiger partial charge in [0, 0.05) is 11.6 Å². The van der Waals surface area contributed by atoms with Gasteiger partial charge in [-0.15, -0.1) is 0 Å². The SMILES string of the molecule is N[C@@H](c1c(F)cccc1F)C1CC1. The summed E-state index contributed by atoms with van der Waals surface area (Å²) in [5, 5.41) is 0. The van der Waals surface area contributed by atoms with Crippen LogP contribution in [0, 0.1) is 17.6 Å². The third-order valence-corrected chi connectivity index (χ3v) is 2.46. The zero-order valence-electron chi connectivity index (χ0n) is 7.13. The molecule has 3 heteroatoms. The van der Waals surface area contributed by atoms with E-state index in [9.17, 15) is 8.78 Å². The highest BCUT2D eigenvalue weighted by molar-refractivity contribution is 5.24. The molecule has 13 heavy (non-hydrogen) atoms. The number of benzene rings is 1. The van der Waals surface area contributed by atoms with Gasteiger partial charge >= 0.3 is 0 Å². The Labute approximate surface area is 75.6 Å². The van der Waals surface area contributed by atoms with Crippen LogP contribution in [0.15, 0.2) is 18.2 Å². The third-order valence-electron chi connectivity index (χ3n) is 2.46. The van der Waals surface area contributed by atoms with Gasteiger partial charge in [-0.3, -0.25) is 0 Å². The molecule has 0 bridgehead atoms. The monoisotopic (exact) mass is 183 g/mol. The molecule has 0 aliphatic heterocycles. The number of nitrogens with two attached hydrogens (primary N) is 1. The fourth-order valence-corrected chi connectivity index (χ4v) is 1.52. The van der Waals surface area contributed by atoms with E-state index in [4.69, 9.17) is 5.73 Å². The minimum atomic E-state index is -0.528. The molecule has 0 saturated heterocycles. The van der Waals surface area contributed by atoms with Crippen molar-refractivity contribution < 1.29 is 8.78 Å². The second-order valence-electron chi connectivity index (χ2n) is 3.50. The summed E-state index contributed by atoms with van der Waals surface area (Å²) in [7, 11) is 0. The van der Waals surface area contributed by atoms with Crippen molar-refractivity contribution in [1.29, 1.82) is 0 Å². The minimum absolute atomic E-state index is 0.0463. The van der Waals surface area contributed by atoms with E-state index in [2.05, 4.69) is 0 Å². The molecule has 1 aromatic carbocycles. The van der Waals surface area contributed by atoms with Crippen LogP contribution in [-0.4, -0.2) is 0 Å². The van der Waals surface area contributed by atoms with Crippen molar-refractivity contribution in [3.8, 4) is 0 Å². The number of halogens is 2. The van der Waals surface area contributed by atoms with Crippen LogP contribution in [0.2, 0.25) is 0 Å². The van der Waals surface area contributed by atoms with Crippen molar-refractivity contribution in [2.45, 2.75) is 18.9 Å². The molecule has 1 aromatic rings. The van der Waals surface area contributed by atoms with Crippen LogP contribution in [0.4, 0.5) is 8.78 Å². The lowest BCUT2D eigenvalue weighted by atomic mass is 10.0. The highest BCUT2D eigenvalue weighted by Crippen LogP contribution is 2.40. The molecule has 1 atom stereocenters. The molecule has 0 amide bonds. The summed E-state index contributed by atoms with van der Waals surface area (Å²) in [6.07, 6.45) is 1.96. The van der Waals surface area contributed by atoms with Gasteiger partial charge in [-0.1, -0.05) is 6.07 Å². The zero-order chi connectivity index (χ0) is 9.42. The number of rotatable bonds is 2. The molecule has 0 unspecified atom stereocenters. The molecular formula is C10H11F2N. The first-order valence-corrected chi connectivity index (χ1v) is 4.39. The van der Waals surface area contributed by atoms with Crippen molar-refractivity contribution in [2.75, 3.05) is 0 Å². The minimum Gasteiger partial charge on any atom is -0.324 e. The molecule has 2 N–H and O–H groups in total. The van der Waals surface area contributed by atoms with Crippen molar-refractivity contribution in [3.05, 3.63) is 35.4 Å². The molecule has 70 valence electrons. The van der Waals surface area contributed by atoms with Crippen LogP contribution in [-0.2, 0) is 0 Å². The van der Waals surface area contributed by atoms with Crippen molar-refractivity contribution >= 4 is 0 Å². The molecular weight excluding hydrogens is 172 g/mol. The van der Waals surface area contributed by atoms with E-state index in [0.717, 1.165) is 12.8 Å². The topological polar surface area (TPSA) is 26.0 Å². The Bertz CT molecular complexity index is 300. The molecule has 1 fully saturated rings. The van der Waals surface area contributed by atoms with Crippen LogP contribution < -0.4 is 5.73 Å². The molecule has 0 spiro atoms. The molecule has 1 aliphatic carbocycles. The van der Waals surface area contributed by atoms with Gasteiger partial charge in [-0.2, -0.15) is 0 Å². The van der Waals surface area contributed by atoms with Gasteiger partial charge < -0.3 is 5.73 Å². The Morgan fingerprint density at radius 1 is 1.23 bits per heavy atom. The van der Waals surface area contributed by atoms with Crippen molar-refractivity contribution in [2.24, 2.45) is 11.7 Å². The van der Waals surface area contributed by atoms with E-state index in [1.807, 2.05) is 0 Å². The highest BCUT2D eigenvalue weighted by Gasteiger charge is 2.32. The lowest BCUT2D eigenvalue weighted by Gasteiger charge is -2.12. The molecule has 1 aliphatic rings. The Kier molecular flexibility index (Phi) is 2.04. The van der Waals surface area contributed by atoms with E-state index in [-0.39, 0.29) is 11.5 Å². The van der Waals surface area contributed by atoms with Crippen LogP contribution in [0.3, 0.4) is 0 Å². The van der Waals surface area contributed by atoms with Crippen LogP contribution in [0.5, 0.6) is 0 Å². The Morgan fingerprint density at radius 3 is 2.23 bits per heavy atom. The number of hydrogen-bond donors (Lipinski definition) is 1. The summed E-state index contributed by atoms with van der Waals surface area (Å²) in [5.74, 6) is -0.787. The molecule has 0 radical (unpaired) electrons. The smallest absolute Gasteiger partial charge is 0.130 e. The third kappa shape index (κ3) is 1.56. The fraction of sp³-hybridized carbons (Fsp3) is 0.400. The highest BCUT2D eigenvalue weighted by atomic mass is 19.1. The van der Waals surface area contributed by atoms with Gasteiger partial charge in [0.25, 0.3) is 0 Å². The van der Waals surface area contributed by atoms with E-state index in [1.165, 1.54) is 18.2 Å². The molecule has 0 heterocycles. The van der Waals surface area contributed by atoms with Gasteiger partial charge in [0.15, 0.2) is 0 Å². The van der Waals surface area contributed by atoms with Crippen molar-refractivity contribution in [1.82, 2.24) is 0 Å². The molecule has 1 saturated carbocycles. The normalized spacial score (nSPS) is 18.7. The maximum Gasteiger partial charge on any atom is 0.130 e. The quantitative estimate of drug-likeness (QED) is 0.748. The summed E-state index contributed by atoms with van der Waals surface area (Å²) in [6.45, 7) is 0. The first-order chi connectivity index (χ1) is 6.20. The average Bonchev–Trinajstić information content (AvgIpc) is 2.85. The van der Waals surface area contributed by atoms with E-state index in [1.54, 1.807) is 0 Å². The van der Waals surface area contributed by atoms with Crippen molar-refractivity contribution in [3.63, 3.8) is 0 Å². The summed E-state index contributed by atoms with van der Waals surface area (Å²) in [5.41, 5.74) is 5.77. The van der Waals surface area contributed by atoms with E-state index in [0.29, 0.717) is 0 Å². The van der Waals surface area contributed by atoms with Gasteiger partial charge in [0.05, 0.1) is 0 Å². The first-order valence-electron chi connectivity index (χ1n) is 4.39. The summed E-state index contributed by atoms with van der Waals surface area (Å²) >= 11 is 0. The maximum atomic E-state index is 13.2. The summed E-state index contributed by atoms with van der Waals surface area (Å²) < 4.78 is 26.3. The zero-order valence-corrected chi connectivity index (χ0v) is 7.13. The summed E-state index contributed by atoms with van der Waals surface area (Å²) in [6, 6.07) is 3.39. The standard InChI is InChI=1S/C10H11F2N/c11-7-2-1-3-8(12)9(7)10(13)6-4-5-6/h1-3,6,10H,4-5,13H2/t10-/m1/s1. The van der Waals surface area contributed by atoms with E-state index >= 15 is 0 Å². The predicted octanol–water partition coefficient (Wildman–Crippen LogP) is 2.37. The van der Waals surface area contributed by atoms with Gasteiger partial charge in [-0.25, -0.2) is 8.78 Å². The summed E-state index contributed by atoms with van der Waals surface area (Å²) in [4.78, 5) is 0. The van der Waals surface area contributed by atoms with Crippen LogP contribution in [0.25, 0.3) is 0 Å². The Hall–Kier alpha value is -0.960. The van der Waals surface area contributed by atoms with Gasteiger partial charge in [-0.05, 0) is 30.9 Å². The second kappa shape index (κ2) is 3.07.